The first kappa shape index (κ1) is 18.4. The molecule has 0 bridgehead atoms. The minimum absolute atomic E-state index is 0.0638. The Kier molecular flexibility index (Phi) is 4.82. The van der Waals surface area contributed by atoms with Crippen LogP contribution < -0.4 is 10.1 Å². The Morgan fingerprint density at radius 1 is 1.03 bits per heavy atom. The highest BCUT2D eigenvalue weighted by molar-refractivity contribution is 6.04. The van der Waals surface area contributed by atoms with Crippen LogP contribution in [0, 0.1) is 0 Å². The number of rotatable bonds is 6. The van der Waals surface area contributed by atoms with Gasteiger partial charge in [-0.2, -0.15) is 0 Å². The van der Waals surface area contributed by atoms with E-state index < -0.39 is 5.91 Å². The lowest BCUT2D eigenvalue weighted by atomic mass is 10.1. The van der Waals surface area contributed by atoms with E-state index in [-0.39, 0.29) is 17.7 Å². The Hall–Kier alpha value is -3.94. The monoisotopic (exact) mass is 391 g/mol. The molecule has 0 saturated carbocycles. The van der Waals surface area contributed by atoms with Crippen LogP contribution in [0.5, 0.6) is 5.75 Å². The Morgan fingerprint density at radius 2 is 1.79 bits per heavy atom. The van der Waals surface area contributed by atoms with E-state index in [1.807, 2.05) is 25.1 Å². The molecule has 0 saturated heterocycles. The van der Waals surface area contributed by atoms with Crippen molar-refractivity contribution < 1.29 is 23.2 Å². The highest BCUT2D eigenvalue weighted by Gasteiger charge is 2.17. The molecule has 0 fully saturated rings. The maximum absolute atomic E-state index is 12.3. The fraction of sp³-hybridized carbons (Fsp3) is 0.143. The van der Waals surface area contributed by atoms with E-state index in [0.29, 0.717) is 34.8 Å². The standard InChI is InChI=1S/C21H17N3O5/c1-3-27-16-6-4-5-15-11-17(28-18(15)16)20-23-24-21(29-20)22-19(26)14-9-7-13(8-10-14)12(2)25/h4-11H,3H2,1-2H3,(H,22,24,26). The molecule has 8 nitrogen and oxygen atoms in total. The number of nitrogens with zero attached hydrogens (tertiary/aromatic N) is 2. The van der Waals surface area contributed by atoms with Gasteiger partial charge in [0, 0.05) is 16.5 Å². The van der Waals surface area contributed by atoms with Crippen molar-refractivity contribution >= 4 is 28.7 Å². The number of hydrogen-bond acceptors (Lipinski definition) is 7. The summed E-state index contributed by atoms with van der Waals surface area (Å²) in [6.07, 6.45) is 0. The molecule has 0 aliphatic heterocycles. The topological polar surface area (TPSA) is 107 Å². The lowest BCUT2D eigenvalue weighted by Gasteiger charge is -2.02. The largest absolute Gasteiger partial charge is 0.490 e. The lowest BCUT2D eigenvalue weighted by molar-refractivity contribution is 0.100. The van der Waals surface area contributed by atoms with Crippen molar-refractivity contribution in [1.29, 1.82) is 0 Å². The molecule has 0 atom stereocenters. The molecule has 0 unspecified atom stereocenters. The number of fused-ring (bicyclic) bond motifs is 1. The van der Waals surface area contributed by atoms with E-state index in [1.165, 1.54) is 6.92 Å². The fourth-order valence-corrected chi connectivity index (χ4v) is 2.81. The van der Waals surface area contributed by atoms with Crippen LogP contribution in [0.3, 0.4) is 0 Å². The van der Waals surface area contributed by atoms with E-state index in [0.717, 1.165) is 5.39 Å². The van der Waals surface area contributed by atoms with Crippen molar-refractivity contribution in [3.8, 4) is 17.4 Å². The molecule has 0 aliphatic rings. The quantitative estimate of drug-likeness (QED) is 0.487. The van der Waals surface area contributed by atoms with Crippen LogP contribution in [0.25, 0.3) is 22.6 Å². The number of ether oxygens (including phenoxy) is 1. The molecule has 8 heteroatoms. The number of anilines is 1. The van der Waals surface area contributed by atoms with Crippen LogP contribution in [-0.2, 0) is 0 Å². The zero-order chi connectivity index (χ0) is 20.4. The SMILES string of the molecule is CCOc1cccc2cc(-c3nnc(NC(=O)c4ccc(C(C)=O)cc4)o3)oc12. The predicted molar refractivity (Wildman–Crippen MR) is 105 cm³/mol. The average Bonchev–Trinajstić information content (AvgIpc) is 3.35. The molecule has 29 heavy (non-hydrogen) atoms. The summed E-state index contributed by atoms with van der Waals surface area (Å²) in [5, 5.41) is 11.1. The van der Waals surface area contributed by atoms with E-state index >= 15 is 0 Å². The van der Waals surface area contributed by atoms with E-state index in [1.54, 1.807) is 30.3 Å². The summed E-state index contributed by atoms with van der Waals surface area (Å²) in [7, 11) is 0. The summed E-state index contributed by atoms with van der Waals surface area (Å²) in [6.45, 7) is 3.87. The highest BCUT2D eigenvalue weighted by atomic mass is 16.5. The van der Waals surface area contributed by atoms with Crippen molar-refractivity contribution in [3.63, 3.8) is 0 Å². The van der Waals surface area contributed by atoms with Crippen molar-refractivity contribution in [2.75, 3.05) is 11.9 Å². The van der Waals surface area contributed by atoms with Crippen LogP contribution in [-0.4, -0.2) is 28.5 Å². The minimum Gasteiger partial charge on any atom is -0.490 e. The summed E-state index contributed by atoms with van der Waals surface area (Å²) < 4.78 is 16.9. The van der Waals surface area contributed by atoms with Crippen LogP contribution in [0.1, 0.15) is 34.6 Å². The van der Waals surface area contributed by atoms with Crippen molar-refractivity contribution in [1.82, 2.24) is 10.2 Å². The zero-order valence-corrected chi connectivity index (χ0v) is 15.8. The van der Waals surface area contributed by atoms with E-state index in [9.17, 15) is 9.59 Å². The number of nitrogens with one attached hydrogen (secondary N) is 1. The Bertz CT molecular complexity index is 1190. The number of hydrogen-bond donors (Lipinski definition) is 1. The molecule has 2 aromatic heterocycles. The molecule has 2 aromatic carbocycles. The Labute approximate surface area is 165 Å². The number of Topliss-reactive ketones (excluding diaryl/α,β-unsaturated/α-hetero) is 1. The van der Waals surface area contributed by atoms with Gasteiger partial charge in [0.25, 0.3) is 11.8 Å². The van der Waals surface area contributed by atoms with Crippen molar-refractivity contribution in [2.24, 2.45) is 0 Å². The van der Waals surface area contributed by atoms with Gasteiger partial charge in [0.1, 0.15) is 0 Å². The van der Waals surface area contributed by atoms with Gasteiger partial charge in [0.05, 0.1) is 6.61 Å². The van der Waals surface area contributed by atoms with Crippen molar-refractivity contribution in [3.05, 3.63) is 59.7 Å². The first-order valence-corrected chi connectivity index (χ1v) is 8.96. The normalized spacial score (nSPS) is 10.8. The summed E-state index contributed by atoms with van der Waals surface area (Å²) >= 11 is 0. The third kappa shape index (κ3) is 3.73. The second kappa shape index (κ2) is 7.59. The van der Waals surface area contributed by atoms with E-state index in [4.69, 9.17) is 13.6 Å². The van der Waals surface area contributed by atoms with Gasteiger partial charge in [0.15, 0.2) is 22.9 Å². The first-order chi connectivity index (χ1) is 14.0. The third-order valence-corrected chi connectivity index (χ3v) is 4.22. The summed E-state index contributed by atoms with van der Waals surface area (Å²) in [4.78, 5) is 23.7. The van der Waals surface area contributed by atoms with Crippen LogP contribution in [0.15, 0.2) is 57.4 Å². The van der Waals surface area contributed by atoms with Gasteiger partial charge in [-0.3, -0.25) is 14.9 Å². The van der Waals surface area contributed by atoms with Gasteiger partial charge in [-0.15, -0.1) is 5.10 Å². The summed E-state index contributed by atoms with van der Waals surface area (Å²) in [5.41, 5.74) is 1.47. The van der Waals surface area contributed by atoms with Gasteiger partial charge < -0.3 is 13.6 Å². The van der Waals surface area contributed by atoms with Crippen LogP contribution >= 0.6 is 0 Å². The molecular formula is C21H17N3O5. The third-order valence-electron chi connectivity index (χ3n) is 4.22. The molecule has 0 spiro atoms. The predicted octanol–water partition coefficient (Wildman–Crippen LogP) is 4.34. The molecule has 146 valence electrons. The molecule has 1 N–H and O–H groups in total. The average molecular weight is 391 g/mol. The number of ketones is 1. The van der Waals surface area contributed by atoms with Gasteiger partial charge in [-0.25, -0.2) is 0 Å². The molecule has 4 aromatic rings. The Morgan fingerprint density at radius 3 is 2.52 bits per heavy atom. The number of benzene rings is 2. The van der Waals surface area contributed by atoms with Gasteiger partial charge in [-0.05, 0) is 38.1 Å². The second-order valence-corrected chi connectivity index (χ2v) is 6.22. The maximum Gasteiger partial charge on any atom is 0.322 e. The molecule has 0 radical (unpaired) electrons. The molecule has 1 amide bonds. The van der Waals surface area contributed by atoms with Crippen LogP contribution in [0.4, 0.5) is 6.01 Å². The maximum atomic E-state index is 12.3. The number of carbonyl (C=O) groups is 2. The van der Waals surface area contributed by atoms with Gasteiger partial charge >= 0.3 is 6.01 Å². The number of amides is 1. The number of furan rings is 1. The lowest BCUT2D eigenvalue weighted by Crippen LogP contribution is -2.12. The minimum atomic E-state index is -0.432. The van der Waals surface area contributed by atoms with Gasteiger partial charge in [-0.1, -0.05) is 29.4 Å². The number of carbonyl (C=O) groups excluding carboxylic acids is 2. The summed E-state index contributed by atoms with van der Waals surface area (Å²) in [6, 6.07) is 13.5. The Balaban J connectivity index is 1.54. The smallest absolute Gasteiger partial charge is 0.322 e. The molecular weight excluding hydrogens is 374 g/mol. The first-order valence-electron chi connectivity index (χ1n) is 8.96. The summed E-state index contributed by atoms with van der Waals surface area (Å²) in [5.74, 6) is 0.616. The molecule has 4 rings (SSSR count). The zero-order valence-electron chi connectivity index (χ0n) is 15.8. The van der Waals surface area contributed by atoms with Crippen molar-refractivity contribution in [2.45, 2.75) is 13.8 Å². The fourth-order valence-electron chi connectivity index (χ4n) is 2.81. The molecule has 2 heterocycles. The van der Waals surface area contributed by atoms with Crippen LogP contribution in [0.2, 0.25) is 0 Å². The van der Waals surface area contributed by atoms with E-state index in [2.05, 4.69) is 15.5 Å². The highest BCUT2D eigenvalue weighted by Crippen LogP contribution is 2.33. The second-order valence-electron chi connectivity index (χ2n) is 6.22. The number of aromatic nitrogens is 2. The molecule has 0 aliphatic carbocycles. The van der Waals surface area contributed by atoms with Gasteiger partial charge in [0.2, 0.25) is 0 Å². The number of para-hydroxylation sites is 1.